The van der Waals surface area contributed by atoms with E-state index < -0.39 is 16.6 Å². The first kappa shape index (κ1) is 15.4. The van der Waals surface area contributed by atoms with Crippen molar-refractivity contribution in [1.82, 2.24) is 5.32 Å². The first-order valence-corrected chi connectivity index (χ1v) is 6.89. The van der Waals surface area contributed by atoms with E-state index in [0.717, 1.165) is 37.8 Å². The number of nitrogens with zero attached hydrogens (tertiary/aromatic N) is 1. The van der Waals surface area contributed by atoms with Crippen molar-refractivity contribution in [2.45, 2.75) is 44.7 Å². The average Bonchev–Trinajstić information content (AvgIpc) is 2.43. The Labute approximate surface area is 121 Å². The highest BCUT2D eigenvalue weighted by Crippen LogP contribution is 2.22. The van der Waals surface area contributed by atoms with Crippen molar-refractivity contribution in [3.8, 4) is 0 Å². The Hall–Kier alpha value is -2.02. The number of carbonyl (C=O) groups excluding carboxylic acids is 1. The van der Waals surface area contributed by atoms with E-state index in [1.165, 1.54) is 6.92 Å². The summed E-state index contributed by atoms with van der Waals surface area (Å²) in [6.45, 7) is 1.40. The molecule has 1 fully saturated rings. The predicted octanol–water partition coefficient (Wildman–Crippen LogP) is 2.04. The zero-order valence-electron chi connectivity index (χ0n) is 11.8. The molecule has 0 saturated heterocycles. The summed E-state index contributed by atoms with van der Waals surface area (Å²) >= 11 is 0. The number of non-ortho nitro benzene ring substituents is 1. The molecule has 0 spiro atoms. The SMILES string of the molecule is Cc1cc([N+](=O)[O-])cc(C(=O)NC2CCC(N)CC2)c1F. The van der Waals surface area contributed by atoms with E-state index in [2.05, 4.69) is 5.32 Å². The number of rotatable bonds is 3. The molecule has 0 aliphatic heterocycles. The molecule has 1 amide bonds. The van der Waals surface area contributed by atoms with Crippen LogP contribution in [0.4, 0.5) is 10.1 Å². The Kier molecular flexibility index (Phi) is 4.52. The summed E-state index contributed by atoms with van der Waals surface area (Å²) in [5.74, 6) is -1.33. The molecule has 0 radical (unpaired) electrons. The molecule has 21 heavy (non-hydrogen) atoms. The minimum atomic E-state index is -0.717. The van der Waals surface area contributed by atoms with E-state index in [1.807, 2.05) is 0 Å². The monoisotopic (exact) mass is 295 g/mol. The van der Waals surface area contributed by atoms with Gasteiger partial charge in [0.2, 0.25) is 0 Å². The van der Waals surface area contributed by atoms with E-state index in [9.17, 15) is 19.3 Å². The predicted molar refractivity (Wildman–Crippen MR) is 75.5 cm³/mol. The Balaban J connectivity index is 2.17. The Bertz CT molecular complexity index is 569. The number of halogens is 1. The highest BCUT2D eigenvalue weighted by molar-refractivity contribution is 5.95. The van der Waals surface area contributed by atoms with Gasteiger partial charge in [-0.05, 0) is 38.2 Å². The summed E-state index contributed by atoms with van der Waals surface area (Å²) in [6, 6.07) is 2.18. The van der Waals surface area contributed by atoms with Crippen molar-refractivity contribution in [2.24, 2.45) is 5.73 Å². The van der Waals surface area contributed by atoms with Gasteiger partial charge in [-0.1, -0.05) is 0 Å². The second-order valence-corrected chi connectivity index (χ2v) is 5.47. The van der Waals surface area contributed by atoms with Crippen molar-refractivity contribution in [1.29, 1.82) is 0 Å². The standard InChI is InChI=1S/C14H18FN3O3/c1-8-6-11(18(20)21)7-12(13(8)15)14(19)17-10-4-2-9(16)3-5-10/h6-7,9-10H,2-5,16H2,1H3,(H,17,19). The molecule has 1 aliphatic rings. The fourth-order valence-electron chi connectivity index (χ4n) is 2.55. The van der Waals surface area contributed by atoms with Gasteiger partial charge >= 0.3 is 0 Å². The molecular weight excluding hydrogens is 277 g/mol. The highest BCUT2D eigenvalue weighted by atomic mass is 19.1. The van der Waals surface area contributed by atoms with Gasteiger partial charge in [0.25, 0.3) is 11.6 Å². The van der Waals surface area contributed by atoms with Gasteiger partial charge in [-0.25, -0.2) is 4.39 Å². The van der Waals surface area contributed by atoms with E-state index in [4.69, 9.17) is 5.73 Å². The summed E-state index contributed by atoms with van der Waals surface area (Å²) in [7, 11) is 0. The molecular formula is C14H18FN3O3. The summed E-state index contributed by atoms with van der Waals surface area (Å²) in [6.07, 6.45) is 3.09. The van der Waals surface area contributed by atoms with Gasteiger partial charge < -0.3 is 11.1 Å². The average molecular weight is 295 g/mol. The van der Waals surface area contributed by atoms with Crippen LogP contribution in [0.1, 0.15) is 41.6 Å². The third-order valence-electron chi connectivity index (χ3n) is 3.80. The third kappa shape index (κ3) is 3.55. The summed E-state index contributed by atoms with van der Waals surface area (Å²) in [5.41, 5.74) is 5.30. The lowest BCUT2D eigenvalue weighted by Crippen LogP contribution is -2.40. The van der Waals surface area contributed by atoms with Crippen LogP contribution in [0.15, 0.2) is 12.1 Å². The molecule has 1 aromatic rings. The van der Waals surface area contributed by atoms with Crippen LogP contribution in [0, 0.1) is 22.9 Å². The number of hydrogen-bond donors (Lipinski definition) is 2. The van der Waals surface area contributed by atoms with E-state index >= 15 is 0 Å². The lowest BCUT2D eigenvalue weighted by molar-refractivity contribution is -0.385. The summed E-state index contributed by atoms with van der Waals surface area (Å²) in [5, 5.41) is 13.5. The zero-order valence-corrected chi connectivity index (χ0v) is 11.8. The van der Waals surface area contributed by atoms with Crippen LogP contribution in [0.5, 0.6) is 0 Å². The van der Waals surface area contributed by atoms with Crippen LogP contribution in [0.25, 0.3) is 0 Å². The highest BCUT2D eigenvalue weighted by Gasteiger charge is 2.24. The van der Waals surface area contributed by atoms with E-state index in [1.54, 1.807) is 0 Å². The van der Waals surface area contributed by atoms with Crippen molar-refractivity contribution in [3.63, 3.8) is 0 Å². The minimum Gasteiger partial charge on any atom is -0.349 e. The van der Waals surface area contributed by atoms with Crippen LogP contribution >= 0.6 is 0 Å². The van der Waals surface area contributed by atoms with Crippen LogP contribution in [-0.2, 0) is 0 Å². The van der Waals surface area contributed by atoms with Crippen molar-refractivity contribution in [2.75, 3.05) is 0 Å². The molecule has 114 valence electrons. The number of carbonyl (C=O) groups is 1. The number of nitro groups is 1. The number of nitrogens with one attached hydrogen (secondary N) is 1. The number of nitrogens with two attached hydrogens (primary N) is 1. The molecule has 3 N–H and O–H groups in total. The summed E-state index contributed by atoms with van der Waals surface area (Å²) in [4.78, 5) is 22.3. The second kappa shape index (κ2) is 6.17. The number of aryl methyl sites for hydroxylation is 1. The molecule has 0 heterocycles. The van der Waals surface area contributed by atoms with Gasteiger partial charge in [-0.2, -0.15) is 0 Å². The fourth-order valence-corrected chi connectivity index (χ4v) is 2.55. The summed E-state index contributed by atoms with van der Waals surface area (Å²) < 4.78 is 14.0. The van der Waals surface area contributed by atoms with Crippen LogP contribution in [0.3, 0.4) is 0 Å². The maximum atomic E-state index is 14.0. The third-order valence-corrected chi connectivity index (χ3v) is 3.80. The smallest absolute Gasteiger partial charge is 0.270 e. The molecule has 1 saturated carbocycles. The molecule has 0 unspecified atom stereocenters. The normalized spacial score (nSPS) is 21.9. The number of nitro benzene ring substituents is 1. The lowest BCUT2D eigenvalue weighted by atomic mass is 9.91. The largest absolute Gasteiger partial charge is 0.349 e. The van der Waals surface area contributed by atoms with Gasteiger partial charge in [0.05, 0.1) is 10.5 Å². The van der Waals surface area contributed by atoms with Crippen LogP contribution in [-0.4, -0.2) is 22.9 Å². The topological polar surface area (TPSA) is 98.3 Å². The molecule has 6 nitrogen and oxygen atoms in total. The maximum Gasteiger partial charge on any atom is 0.270 e. The molecule has 2 rings (SSSR count). The maximum absolute atomic E-state index is 14.0. The van der Waals surface area contributed by atoms with Crippen LogP contribution in [0.2, 0.25) is 0 Å². The fraction of sp³-hybridized carbons (Fsp3) is 0.500. The lowest BCUT2D eigenvalue weighted by Gasteiger charge is -2.26. The number of amides is 1. The molecule has 0 atom stereocenters. The minimum absolute atomic E-state index is 0.0590. The Morgan fingerprint density at radius 2 is 2.00 bits per heavy atom. The van der Waals surface area contributed by atoms with Gasteiger partial charge in [0.1, 0.15) is 5.82 Å². The van der Waals surface area contributed by atoms with Gasteiger partial charge in [-0.3, -0.25) is 14.9 Å². The second-order valence-electron chi connectivity index (χ2n) is 5.47. The van der Waals surface area contributed by atoms with Crippen molar-refractivity contribution in [3.05, 3.63) is 39.2 Å². The van der Waals surface area contributed by atoms with E-state index in [0.29, 0.717) is 0 Å². The Morgan fingerprint density at radius 1 is 1.38 bits per heavy atom. The first-order chi connectivity index (χ1) is 9.88. The molecule has 1 aliphatic carbocycles. The zero-order chi connectivity index (χ0) is 15.6. The molecule has 0 aromatic heterocycles. The van der Waals surface area contributed by atoms with Gasteiger partial charge in [0.15, 0.2) is 0 Å². The molecule has 0 bridgehead atoms. The van der Waals surface area contributed by atoms with E-state index in [-0.39, 0.29) is 28.9 Å². The van der Waals surface area contributed by atoms with Crippen molar-refractivity contribution < 1.29 is 14.1 Å². The molecule has 7 heteroatoms. The van der Waals surface area contributed by atoms with Crippen LogP contribution < -0.4 is 11.1 Å². The first-order valence-electron chi connectivity index (χ1n) is 6.89. The molecule has 1 aromatic carbocycles. The van der Waals surface area contributed by atoms with Crippen molar-refractivity contribution >= 4 is 11.6 Å². The van der Waals surface area contributed by atoms with Gasteiger partial charge in [-0.15, -0.1) is 0 Å². The Morgan fingerprint density at radius 3 is 2.57 bits per heavy atom. The quantitative estimate of drug-likeness (QED) is 0.658. The number of hydrogen-bond acceptors (Lipinski definition) is 4. The van der Waals surface area contributed by atoms with Gasteiger partial charge in [0, 0.05) is 24.2 Å². The number of benzene rings is 1.